The van der Waals surface area contributed by atoms with Crippen molar-refractivity contribution in [2.24, 2.45) is 0 Å². The summed E-state index contributed by atoms with van der Waals surface area (Å²) in [6.45, 7) is 2.67. The van der Waals surface area contributed by atoms with Gasteiger partial charge in [0.25, 0.3) is 0 Å². The Balaban J connectivity index is 1.83. The van der Waals surface area contributed by atoms with Crippen LogP contribution in [0.1, 0.15) is 16.7 Å². The Morgan fingerprint density at radius 1 is 1.29 bits per heavy atom. The van der Waals surface area contributed by atoms with Gasteiger partial charge in [0.05, 0.1) is 30.8 Å². The van der Waals surface area contributed by atoms with Crippen LogP contribution in [0.15, 0.2) is 42.7 Å². The Hall–Kier alpha value is -3.26. The van der Waals surface area contributed by atoms with E-state index in [1.54, 1.807) is 7.11 Å². The Kier molecular flexibility index (Phi) is 3.24. The maximum atomic E-state index is 9.02. The van der Waals surface area contributed by atoms with Gasteiger partial charge in [0, 0.05) is 34.2 Å². The van der Waals surface area contributed by atoms with Crippen molar-refractivity contribution in [2.45, 2.75) is 13.5 Å². The number of aryl methyl sites for hydroxylation is 1. The molecule has 24 heavy (non-hydrogen) atoms. The molecule has 1 N–H and O–H groups in total. The minimum Gasteiger partial charge on any atom is -0.496 e. The number of aromatic nitrogens is 3. The first-order valence-electron chi connectivity index (χ1n) is 7.70. The SMILES string of the molecule is COc1cc(C)c2[nH]ccc2c1Cn1cc2ccc(C#N)cc2n1. The molecule has 0 aliphatic rings. The fraction of sp³-hybridized carbons (Fsp3) is 0.158. The standard InChI is InChI=1S/C19H16N4O/c1-12-7-18(24-2)16(15-5-6-21-19(12)15)11-23-10-14-4-3-13(9-20)8-17(14)22-23/h3-8,10,21H,11H2,1-2H3. The van der Waals surface area contributed by atoms with Gasteiger partial charge in [-0.05, 0) is 42.8 Å². The van der Waals surface area contributed by atoms with E-state index in [1.165, 1.54) is 0 Å². The molecule has 4 aromatic rings. The van der Waals surface area contributed by atoms with Crippen LogP contribution in [0, 0.1) is 18.3 Å². The van der Waals surface area contributed by atoms with Crippen molar-refractivity contribution in [2.75, 3.05) is 7.11 Å². The summed E-state index contributed by atoms with van der Waals surface area (Å²) in [6.07, 6.45) is 3.94. The monoisotopic (exact) mass is 316 g/mol. The first-order chi connectivity index (χ1) is 11.7. The number of aromatic amines is 1. The number of nitriles is 1. The predicted molar refractivity (Wildman–Crippen MR) is 93.1 cm³/mol. The maximum Gasteiger partial charge on any atom is 0.124 e. The van der Waals surface area contributed by atoms with Crippen molar-refractivity contribution in [3.8, 4) is 11.8 Å². The zero-order chi connectivity index (χ0) is 16.7. The van der Waals surface area contributed by atoms with Crippen LogP contribution in [-0.2, 0) is 6.54 Å². The van der Waals surface area contributed by atoms with Gasteiger partial charge in [-0.1, -0.05) is 0 Å². The van der Waals surface area contributed by atoms with Gasteiger partial charge >= 0.3 is 0 Å². The van der Waals surface area contributed by atoms with E-state index < -0.39 is 0 Å². The molecule has 0 bridgehead atoms. The zero-order valence-electron chi connectivity index (χ0n) is 13.5. The fourth-order valence-electron chi connectivity index (χ4n) is 3.16. The Bertz CT molecular complexity index is 1100. The van der Waals surface area contributed by atoms with E-state index in [1.807, 2.05) is 41.3 Å². The lowest BCUT2D eigenvalue weighted by Gasteiger charge is -2.12. The normalized spacial score (nSPS) is 11.0. The average molecular weight is 316 g/mol. The fourth-order valence-corrected chi connectivity index (χ4v) is 3.16. The van der Waals surface area contributed by atoms with Crippen LogP contribution in [-0.4, -0.2) is 21.9 Å². The molecule has 5 nitrogen and oxygen atoms in total. The molecule has 0 aliphatic heterocycles. The second-order valence-corrected chi connectivity index (χ2v) is 5.85. The molecule has 118 valence electrons. The molecular formula is C19H16N4O. The predicted octanol–water partition coefficient (Wildman–Crippen LogP) is 3.75. The summed E-state index contributed by atoms with van der Waals surface area (Å²) in [7, 11) is 1.69. The van der Waals surface area contributed by atoms with E-state index in [9.17, 15) is 0 Å². The van der Waals surface area contributed by atoms with Crippen LogP contribution in [0.5, 0.6) is 5.75 Å². The number of rotatable bonds is 3. The number of hydrogen-bond donors (Lipinski definition) is 1. The highest BCUT2D eigenvalue weighted by Gasteiger charge is 2.13. The second kappa shape index (κ2) is 5.43. The number of H-pyrrole nitrogens is 1. The summed E-state index contributed by atoms with van der Waals surface area (Å²) in [5, 5.41) is 15.8. The van der Waals surface area contributed by atoms with Gasteiger partial charge in [0.2, 0.25) is 0 Å². The number of nitrogens with one attached hydrogen (secondary N) is 1. The van der Waals surface area contributed by atoms with Crippen LogP contribution in [0.3, 0.4) is 0 Å². The molecule has 0 fully saturated rings. The lowest BCUT2D eigenvalue weighted by Crippen LogP contribution is -2.03. The van der Waals surface area contributed by atoms with E-state index in [2.05, 4.69) is 29.1 Å². The van der Waals surface area contributed by atoms with E-state index in [0.717, 1.165) is 38.7 Å². The summed E-state index contributed by atoms with van der Waals surface area (Å²) in [5.41, 5.74) is 4.81. The van der Waals surface area contributed by atoms with Gasteiger partial charge in [-0.15, -0.1) is 0 Å². The highest BCUT2D eigenvalue weighted by molar-refractivity contribution is 5.88. The molecule has 0 spiro atoms. The topological polar surface area (TPSA) is 66.6 Å². The average Bonchev–Trinajstić information content (AvgIpc) is 3.22. The first-order valence-corrected chi connectivity index (χ1v) is 7.70. The Morgan fingerprint density at radius 3 is 2.96 bits per heavy atom. The third-order valence-electron chi connectivity index (χ3n) is 4.34. The van der Waals surface area contributed by atoms with Crippen LogP contribution >= 0.6 is 0 Å². The van der Waals surface area contributed by atoms with Crippen molar-refractivity contribution in [3.05, 3.63) is 59.4 Å². The second-order valence-electron chi connectivity index (χ2n) is 5.85. The minimum absolute atomic E-state index is 0.606. The number of nitrogens with zero attached hydrogens (tertiary/aromatic N) is 3. The van der Waals surface area contributed by atoms with Crippen LogP contribution < -0.4 is 4.74 Å². The Morgan fingerprint density at radius 2 is 2.17 bits per heavy atom. The molecule has 0 radical (unpaired) electrons. The van der Waals surface area contributed by atoms with Gasteiger partial charge < -0.3 is 9.72 Å². The largest absolute Gasteiger partial charge is 0.496 e. The first kappa shape index (κ1) is 14.3. The number of ether oxygens (including phenoxy) is 1. The van der Waals surface area contributed by atoms with Crippen molar-refractivity contribution < 1.29 is 4.74 Å². The van der Waals surface area contributed by atoms with Crippen LogP contribution in [0.4, 0.5) is 0 Å². The molecular weight excluding hydrogens is 300 g/mol. The summed E-state index contributed by atoms with van der Waals surface area (Å²) in [6, 6.07) is 11.8. The number of hydrogen-bond acceptors (Lipinski definition) is 3. The quantitative estimate of drug-likeness (QED) is 0.626. The van der Waals surface area contributed by atoms with E-state index in [0.29, 0.717) is 12.1 Å². The molecule has 0 unspecified atom stereocenters. The van der Waals surface area contributed by atoms with Crippen molar-refractivity contribution in [3.63, 3.8) is 0 Å². The molecule has 0 saturated carbocycles. The minimum atomic E-state index is 0.606. The molecule has 0 amide bonds. The number of benzene rings is 2. The molecule has 2 heterocycles. The van der Waals surface area contributed by atoms with Crippen LogP contribution in [0.25, 0.3) is 21.8 Å². The summed E-state index contributed by atoms with van der Waals surface area (Å²) in [5.74, 6) is 0.858. The van der Waals surface area contributed by atoms with Gasteiger partial charge in [-0.2, -0.15) is 10.4 Å². The molecule has 0 saturated heterocycles. The summed E-state index contributed by atoms with van der Waals surface area (Å²) in [4.78, 5) is 3.29. The lowest BCUT2D eigenvalue weighted by atomic mass is 10.0. The van der Waals surface area contributed by atoms with E-state index in [-0.39, 0.29) is 0 Å². The highest BCUT2D eigenvalue weighted by Crippen LogP contribution is 2.31. The molecule has 2 aromatic heterocycles. The van der Waals surface area contributed by atoms with Gasteiger partial charge in [0.15, 0.2) is 0 Å². The molecule has 0 atom stereocenters. The molecule has 0 aliphatic carbocycles. The van der Waals surface area contributed by atoms with Crippen LogP contribution in [0.2, 0.25) is 0 Å². The van der Waals surface area contributed by atoms with Crippen molar-refractivity contribution in [1.82, 2.24) is 14.8 Å². The van der Waals surface area contributed by atoms with Gasteiger partial charge in [-0.25, -0.2) is 0 Å². The highest BCUT2D eigenvalue weighted by atomic mass is 16.5. The summed E-state index contributed by atoms with van der Waals surface area (Å²) < 4.78 is 7.48. The van der Waals surface area contributed by atoms with E-state index in [4.69, 9.17) is 10.00 Å². The number of methoxy groups -OCH3 is 1. The number of fused-ring (bicyclic) bond motifs is 2. The Labute approximate surface area is 139 Å². The van der Waals surface area contributed by atoms with Crippen molar-refractivity contribution >= 4 is 21.8 Å². The maximum absolute atomic E-state index is 9.02. The molecule has 4 rings (SSSR count). The molecule has 5 heteroatoms. The third-order valence-corrected chi connectivity index (χ3v) is 4.34. The van der Waals surface area contributed by atoms with Gasteiger partial charge in [0.1, 0.15) is 5.75 Å². The zero-order valence-corrected chi connectivity index (χ0v) is 13.5. The lowest BCUT2D eigenvalue weighted by molar-refractivity contribution is 0.408. The van der Waals surface area contributed by atoms with E-state index >= 15 is 0 Å². The molecule has 2 aromatic carbocycles. The van der Waals surface area contributed by atoms with Gasteiger partial charge in [-0.3, -0.25) is 4.68 Å². The summed E-state index contributed by atoms with van der Waals surface area (Å²) >= 11 is 0. The van der Waals surface area contributed by atoms with Crippen molar-refractivity contribution in [1.29, 1.82) is 5.26 Å². The third kappa shape index (κ3) is 2.20. The smallest absolute Gasteiger partial charge is 0.124 e.